The molecular formula is C35H37N7O4. The number of primary amides is 1. The molecule has 3 aliphatic rings. The van der Waals surface area contributed by atoms with Crippen molar-refractivity contribution in [1.82, 2.24) is 24.0 Å². The van der Waals surface area contributed by atoms with Gasteiger partial charge in [0.15, 0.2) is 5.82 Å². The van der Waals surface area contributed by atoms with Crippen LogP contribution in [0.15, 0.2) is 48.5 Å². The fourth-order valence-electron chi connectivity index (χ4n) is 7.53. The zero-order valence-corrected chi connectivity index (χ0v) is 26.2. The summed E-state index contributed by atoms with van der Waals surface area (Å²) in [5.74, 6) is 2.31. The number of rotatable bonds is 8. The second-order valence-electron chi connectivity index (χ2n) is 13.0. The predicted molar refractivity (Wildman–Crippen MR) is 175 cm³/mol. The van der Waals surface area contributed by atoms with Gasteiger partial charge >= 0.3 is 0 Å². The number of carbonyl (C=O) groups is 2. The molecule has 46 heavy (non-hydrogen) atoms. The summed E-state index contributed by atoms with van der Waals surface area (Å²) < 4.78 is 15.8. The van der Waals surface area contributed by atoms with Gasteiger partial charge in [0.2, 0.25) is 5.91 Å². The van der Waals surface area contributed by atoms with Gasteiger partial charge in [0.1, 0.15) is 22.7 Å². The molecule has 4 N–H and O–H groups in total. The zero-order valence-electron chi connectivity index (χ0n) is 26.2. The number of fused-ring (bicyclic) bond motifs is 4. The standard InChI is InChI=1S/C35H37N7O4/c1-40-31-25(12-22(15-29(31)46-3)35(44)42-17-21-8-11-26(42)30(21)36)39-34(40)27-13-20-7-10-24(38-33(20)41(27)16-18-4-5-18)23-9-6-19(32(37)43)14-28(23)45-2/h6-7,9-10,12-15,18,21,26,30H,4-5,8,11,16-17,36H2,1-3H3,(H2,37,43)/t21?,26?,30-/m1/s1. The average molecular weight is 620 g/mol. The molecule has 4 heterocycles. The second-order valence-corrected chi connectivity index (χ2v) is 13.0. The van der Waals surface area contributed by atoms with E-state index in [1.807, 2.05) is 40.8 Å². The first kappa shape index (κ1) is 28.6. The molecule has 1 saturated heterocycles. The Morgan fingerprint density at radius 1 is 0.935 bits per heavy atom. The third-order valence-corrected chi connectivity index (χ3v) is 10.2. The van der Waals surface area contributed by atoms with Crippen molar-refractivity contribution < 1.29 is 19.1 Å². The molecule has 11 heteroatoms. The minimum absolute atomic E-state index is 0.0195. The van der Waals surface area contributed by atoms with Gasteiger partial charge in [0.05, 0.1) is 31.1 Å². The van der Waals surface area contributed by atoms with E-state index in [0.29, 0.717) is 46.5 Å². The van der Waals surface area contributed by atoms with E-state index in [-0.39, 0.29) is 18.0 Å². The Labute approximate surface area is 266 Å². The number of nitrogens with zero attached hydrogens (tertiary/aromatic N) is 5. The van der Waals surface area contributed by atoms with E-state index in [4.69, 9.17) is 30.9 Å². The van der Waals surface area contributed by atoms with Gasteiger partial charge in [-0.2, -0.15) is 0 Å². The van der Waals surface area contributed by atoms with Crippen LogP contribution in [-0.2, 0) is 13.6 Å². The van der Waals surface area contributed by atoms with Crippen LogP contribution in [0.3, 0.4) is 0 Å². The molecule has 0 spiro atoms. The van der Waals surface area contributed by atoms with E-state index in [0.717, 1.165) is 58.7 Å². The summed E-state index contributed by atoms with van der Waals surface area (Å²) in [5, 5.41) is 0.988. The molecule has 2 aliphatic carbocycles. The Kier molecular flexibility index (Phi) is 6.57. The van der Waals surface area contributed by atoms with Crippen LogP contribution >= 0.6 is 0 Å². The average Bonchev–Trinajstić information content (AvgIpc) is 3.47. The van der Waals surface area contributed by atoms with Gasteiger partial charge in [0, 0.05) is 54.3 Å². The summed E-state index contributed by atoms with van der Waals surface area (Å²) in [7, 11) is 5.18. The van der Waals surface area contributed by atoms with Gasteiger partial charge in [0.25, 0.3) is 5.91 Å². The van der Waals surface area contributed by atoms with E-state index in [1.54, 1.807) is 26.4 Å². The number of methoxy groups -OCH3 is 2. The molecule has 3 aromatic heterocycles. The summed E-state index contributed by atoms with van der Waals surface area (Å²) in [4.78, 5) is 37.7. The molecular weight excluding hydrogens is 582 g/mol. The number of pyridine rings is 1. The summed E-state index contributed by atoms with van der Waals surface area (Å²) >= 11 is 0. The lowest BCUT2D eigenvalue weighted by atomic mass is 10.1. The lowest BCUT2D eigenvalue weighted by molar-refractivity contribution is 0.0700. The third kappa shape index (κ3) is 4.44. The van der Waals surface area contributed by atoms with Gasteiger partial charge < -0.3 is 35.0 Å². The van der Waals surface area contributed by atoms with Crippen molar-refractivity contribution in [2.75, 3.05) is 20.8 Å². The van der Waals surface area contributed by atoms with Crippen molar-refractivity contribution in [3.8, 4) is 34.3 Å². The highest BCUT2D eigenvalue weighted by Crippen LogP contribution is 2.41. The lowest BCUT2D eigenvalue weighted by Crippen LogP contribution is -2.41. The Balaban J connectivity index is 1.24. The van der Waals surface area contributed by atoms with Crippen molar-refractivity contribution in [2.24, 2.45) is 30.4 Å². The molecule has 2 saturated carbocycles. The van der Waals surface area contributed by atoms with Crippen LogP contribution in [0.1, 0.15) is 46.4 Å². The minimum atomic E-state index is -0.515. The van der Waals surface area contributed by atoms with Crippen LogP contribution in [0.2, 0.25) is 0 Å². The summed E-state index contributed by atoms with van der Waals surface area (Å²) in [6.07, 6.45) is 4.38. The summed E-state index contributed by atoms with van der Waals surface area (Å²) in [6.45, 7) is 1.52. The molecule has 2 unspecified atom stereocenters. The Bertz CT molecular complexity index is 2060. The minimum Gasteiger partial charge on any atom is -0.496 e. The highest BCUT2D eigenvalue weighted by Gasteiger charge is 2.47. The number of amides is 2. The number of aromatic nitrogens is 4. The molecule has 8 rings (SSSR count). The first-order valence-electron chi connectivity index (χ1n) is 15.9. The molecule has 2 bridgehead atoms. The highest BCUT2D eigenvalue weighted by molar-refractivity contribution is 6.00. The molecule has 5 aromatic rings. The van der Waals surface area contributed by atoms with Gasteiger partial charge in [-0.15, -0.1) is 0 Å². The maximum Gasteiger partial charge on any atom is 0.254 e. The SMILES string of the molecule is COc1cc(C(N)=O)ccc1-c1ccc2cc(-c3nc4cc(C(=O)N5CC6CCC5[C@@H]6N)cc(OC)c4n3C)n(CC3CC3)c2n1. The van der Waals surface area contributed by atoms with Crippen molar-refractivity contribution in [1.29, 1.82) is 0 Å². The van der Waals surface area contributed by atoms with Crippen LogP contribution in [0.25, 0.3) is 44.8 Å². The van der Waals surface area contributed by atoms with Gasteiger partial charge in [-0.05, 0) is 86.1 Å². The zero-order chi connectivity index (χ0) is 31.9. The topological polar surface area (TPSA) is 144 Å². The first-order valence-corrected chi connectivity index (χ1v) is 15.9. The molecule has 2 aromatic carbocycles. The number of benzene rings is 2. The van der Waals surface area contributed by atoms with Crippen molar-refractivity contribution in [2.45, 2.75) is 44.3 Å². The fourth-order valence-corrected chi connectivity index (χ4v) is 7.53. The predicted octanol–water partition coefficient (Wildman–Crippen LogP) is 4.34. The summed E-state index contributed by atoms with van der Waals surface area (Å²) in [5.41, 5.74) is 17.7. The maximum absolute atomic E-state index is 13.7. The number of hydrogen-bond acceptors (Lipinski definition) is 7. The third-order valence-electron chi connectivity index (χ3n) is 10.2. The van der Waals surface area contributed by atoms with E-state index in [2.05, 4.69) is 16.7 Å². The van der Waals surface area contributed by atoms with Crippen LogP contribution in [0.5, 0.6) is 11.5 Å². The maximum atomic E-state index is 13.7. The monoisotopic (exact) mass is 619 g/mol. The number of likely N-dealkylation sites (tertiary alicyclic amines) is 1. The van der Waals surface area contributed by atoms with Crippen LogP contribution < -0.4 is 20.9 Å². The number of aryl methyl sites for hydroxylation is 1. The number of piperidine rings is 1. The number of ether oxygens (including phenoxy) is 2. The number of nitrogens with two attached hydrogens (primary N) is 2. The first-order chi connectivity index (χ1) is 22.2. The van der Waals surface area contributed by atoms with Crippen molar-refractivity contribution >= 4 is 33.9 Å². The van der Waals surface area contributed by atoms with E-state index >= 15 is 0 Å². The van der Waals surface area contributed by atoms with Crippen LogP contribution in [0, 0.1) is 11.8 Å². The van der Waals surface area contributed by atoms with Crippen molar-refractivity contribution in [3.05, 3.63) is 59.7 Å². The highest BCUT2D eigenvalue weighted by atomic mass is 16.5. The normalized spacial score (nSPS) is 20.6. The van der Waals surface area contributed by atoms with E-state index < -0.39 is 5.91 Å². The number of carbonyl (C=O) groups excluding carboxylic acids is 2. The van der Waals surface area contributed by atoms with Gasteiger partial charge in [-0.25, -0.2) is 9.97 Å². The van der Waals surface area contributed by atoms with Gasteiger partial charge in [-0.1, -0.05) is 0 Å². The summed E-state index contributed by atoms with van der Waals surface area (Å²) in [6, 6.07) is 15.2. The van der Waals surface area contributed by atoms with Crippen LogP contribution in [0.4, 0.5) is 0 Å². The Morgan fingerprint density at radius 3 is 2.39 bits per heavy atom. The van der Waals surface area contributed by atoms with E-state index in [9.17, 15) is 9.59 Å². The number of imidazole rings is 1. The molecule has 3 fully saturated rings. The Hall–Kier alpha value is -4.90. The molecule has 3 atom stereocenters. The largest absolute Gasteiger partial charge is 0.496 e. The smallest absolute Gasteiger partial charge is 0.254 e. The van der Waals surface area contributed by atoms with Gasteiger partial charge in [-0.3, -0.25) is 9.59 Å². The second kappa shape index (κ2) is 10.6. The molecule has 11 nitrogen and oxygen atoms in total. The quantitative estimate of drug-likeness (QED) is 0.263. The number of hydrogen-bond donors (Lipinski definition) is 2. The van der Waals surface area contributed by atoms with Crippen LogP contribution in [-0.4, -0.2) is 68.7 Å². The lowest BCUT2D eigenvalue weighted by Gasteiger charge is -2.27. The van der Waals surface area contributed by atoms with E-state index in [1.165, 1.54) is 12.8 Å². The molecule has 236 valence electrons. The fraction of sp³-hybridized carbons (Fsp3) is 0.371. The molecule has 0 radical (unpaired) electrons. The Morgan fingerprint density at radius 2 is 1.72 bits per heavy atom. The molecule has 1 aliphatic heterocycles. The van der Waals surface area contributed by atoms with Crippen molar-refractivity contribution in [3.63, 3.8) is 0 Å². The molecule has 2 amide bonds.